The van der Waals surface area contributed by atoms with Crippen molar-refractivity contribution in [2.24, 2.45) is 5.92 Å². The molecule has 8 heteroatoms. The van der Waals surface area contributed by atoms with Gasteiger partial charge in [-0.05, 0) is 70.1 Å². The fourth-order valence-corrected chi connectivity index (χ4v) is 3.23. The first kappa shape index (κ1) is 31.0. The molecule has 0 heterocycles. The SMILES string of the molecule is COc1cc(CNC(=O)CCCC/C=C/C(C)C)ccc1OC(=O)N(C)CCCC(=O)OC(C)(C)C. The Balaban J connectivity index is 2.46. The molecule has 0 aromatic heterocycles. The summed E-state index contributed by atoms with van der Waals surface area (Å²) in [5.74, 6) is 0.940. The molecule has 36 heavy (non-hydrogen) atoms. The minimum atomic E-state index is -0.554. The average molecular weight is 505 g/mol. The summed E-state index contributed by atoms with van der Waals surface area (Å²) in [6.07, 6.45) is 7.78. The molecule has 1 rings (SSSR count). The molecule has 0 aliphatic rings. The second-order valence-electron chi connectivity index (χ2n) is 10.2. The van der Waals surface area contributed by atoms with Gasteiger partial charge in [-0.3, -0.25) is 9.59 Å². The normalized spacial score (nSPS) is 11.4. The van der Waals surface area contributed by atoms with Crippen molar-refractivity contribution in [2.75, 3.05) is 20.7 Å². The molecule has 0 fully saturated rings. The fraction of sp³-hybridized carbons (Fsp3) is 0.607. The lowest BCUT2D eigenvalue weighted by atomic mass is 10.1. The van der Waals surface area contributed by atoms with Crippen molar-refractivity contribution in [1.29, 1.82) is 0 Å². The molecule has 0 bridgehead atoms. The number of nitrogens with one attached hydrogen (secondary N) is 1. The highest BCUT2D eigenvalue weighted by Crippen LogP contribution is 2.28. The lowest BCUT2D eigenvalue weighted by molar-refractivity contribution is -0.155. The third-order valence-corrected chi connectivity index (χ3v) is 5.07. The van der Waals surface area contributed by atoms with E-state index in [1.54, 1.807) is 25.2 Å². The molecular formula is C28H44N2O6. The fourth-order valence-electron chi connectivity index (χ4n) is 3.23. The maximum absolute atomic E-state index is 12.5. The predicted molar refractivity (Wildman–Crippen MR) is 141 cm³/mol. The molecule has 0 spiro atoms. The summed E-state index contributed by atoms with van der Waals surface area (Å²) in [7, 11) is 3.10. The number of amides is 2. The Morgan fingerprint density at radius 3 is 2.42 bits per heavy atom. The Morgan fingerprint density at radius 2 is 1.78 bits per heavy atom. The molecule has 0 aliphatic heterocycles. The average Bonchev–Trinajstić information content (AvgIpc) is 2.79. The molecule has 0 atom stereocenters. The highest BCUT2D eigenvalue weighted by atomic mass is 16.6. The quantitative estimate of drug-likeness (QED) is 0.200. The van der Waals surface area contributed by atoms with Crippen LogP contribution in [0.2, 0.25) is 0 Å². The van der Waals surface area contributed by atoms with Crippen molar-refractivity contribution in [1.82, 2.24) is 10.2 Å². The highest BCUT2D eigenvalue weighted by molar-refractivity contribution is 5.76. The largest absolute Gasteiger partial charge is 0.493 e. The van der Waals surface area contributed by atoms with E-state index in [2.05, 4.69) is 31.3 Å². The van der Waals surface area contributed by atoms with Crippen LogP contribution in [0.1, 0.15) is 78.7 Å². The number of hydrogen-bond donors (Lipinski definition) is 1. The van der Waals surface area contributed by atoms with Gasteiger partial charge in [-0.15, -0.1) is 0 Å². The van der Waals surface area contributed by atoms with Crippen LogP contribution in [0.3, 0.4) is 0 Å². The zero-order chi connectivity index (χ0) is 27.1. The van der Waals surface area contributed by atoms with Crippen molar-refractivity contribution in [3.63, 3.8) is 0 Å². The lowest BCUT2D eigenvalue weighted by Crippen LogP contribution is -2.31. The maximum Gasteiger partial charge on any atom is 0.415 e. The number of esters is 1. The third-order valence-electron chi connectivity index (χ3n) is 5.07. The number of allylic oxidation sites excluding steroid dienone is 2. The molecule has 1 N–H and O–H groups in total. The van der Waals surface area contributed by atoms with Gasteiger partial charge in [-0.2, -0.15) is 0 Å². The second-order valence-corrected chi connectivity index (χ2v) is 10.2. The molecule has 0 unspecified atom stereocenters. The van der Waals surface area contributed by atoms with Crippen molar-refractivity contribution in [3.05, 3.63) is 35.9 Å². The molecule has 0 saturated carbocycles. The molecule has 202 valence electrons. The zero-order valence-electron chi connectivity index (χ0n) is 23.0. The lowest BCUT2D eigenvalue weighted by Gasteiger charge is -2.20. The first-order valence-electron chi connectivity index (χ1n) is 12.7. The number of carbonyl (C=O) groups excluding carboxylic acids is 3. The van der Waals surface area contributed by atoms with Gasteiger partial charge < -0.3 is 24.4 Å². The van der Waals surface area contributed by atoms with Gasteiger partial charge in [-0.1, -0.05) is 32.1 Å². The van der Waals surface area contributed by atoms with Crippen LogP contribution < -0.4 is 14.8 Å². The molecule has 0 radical (unpaired) electrons. The maximum atomic E-state index is 12.5. The standard InChI is InChI=1S/C28H44N2O6/c1-21(2)13-10-8-9-11-14-25(31)29-20-22-16-17-23(24(19-22)34-7)35-27(33)30(6)18-12-15-26(32)36-28(3,4)5/h10,13,16-17,19,21H,8-9,11-12,14-15,18,20H2,1-7H3,(H,29,31)/b13-10+. The Hall–Kier alpha value is -3.03. The van der Waals surface area contributed by atoms with Crippen LogP contribution in [0.4, 0.5) is 4.79 Å². The Bertz CT molecular complexity index is 873. The first-order valence-corrected chi connectivity index (χ1v) is 12.7. The van der Waals surface area contributed by atoms with Crippen molar-refractivity contribution < 1.29 is 28.6 Å². The molecule has 8 nitrogen and oxygen atoms in total. The van der Waals surface area contributed by atoms with Gasteiger partial charge in [0.05, 0.1) is 7.11 Å². The predicted octanol–water partition coefficient (Wildman–Crippen LogP) is 5.64. The van der Waals surface area contributed by atoms with Crippen LogP contribution in [-0.4, -0.2) is 49.2 Å². The summed E-state index contributed by atoms with van der Waals surface area (Å²) in [6.45, 7) is 10.4. The molecule has 0 aliphatic carbocycles. The van der Waals surface area contributed by atoms with Crippen LogP contribution in [-0.2, 0) is 20.9 Å². The van der Waals surface area contributed by atoms with E-state index in [0.29, 0.717) is 37.6 Å². The van der Waals surface area contributed by atoms with Gasteiger partial charge in [0.2, 0.25) is 5.91 Å². The number of hydrogen-bond acceptors (Lipinski definition) is 6. The van der Waals surface area contributed by atoms with Crippen LogP contribution >= 0.6 is 0 Å². The summed E-state index contributed by atoms with van der Waals surface area (Å²) in [6, 6.07) is 5.17. The third kappa shape index (κ3) is 13.8. The van der Waals surface area contributed by atoms with Crippen molar-refractivity contribution in [2.45, 2.75) is 85.3 Å². The van der Waals surface area contributed by atoms with Crippen LogP contribution in [0.5, 0.6) is 11.5 Å². The number of nitrogens with zero attached hydrogens (tertiary/aromatic N) is 1. The second kappa shape index (κ2) is 15.9. The van der Waals surface area contributed by atoms with E-state index in [1.807, 2.05) is 20.8 Å². The molecule has 0 saturated heterocycles. The van der Waals surface area contributed by atoms with Crippen LogP contribution in [0, 0.1) is 5.92 Å². The first-order chi connectivity index (χ1) is 16.9. The van der Waals surface area contributed by atoms with Crippen LogP contribution in [0.25, 0.3) is 0 Å². The van der Waals surface area contributed by atoms with Gasteiger partial charge >= 0.3 is 12.1 Å². The Morgan fingerprint density at radius 1 is 1.06 bits per heavy atom. The van der Waals surface area contributed by atoms with E-state index >= 15 is 0 Å². The number of ether oxygens (including phenoxy) is 3. The van der Waals surface area contributed by atoms with E-state index in [-0.39, 0.29) is 24.0 Å². The Kier molecular flexibility index (Phi) is 13.7. The monoisotopic (exact) mass is 504 g/mol. The Labute approximate surface area is 216 Å². The number of carbonyl (C=O) groups is 3. The van der Waals surface area contributed by atoms with E-state index in [1.165, 1.54) is 12.0 Å². The summed E-state index contributed by atoms with van der Waals surface area (Å²) < 4.78 is 16.1. The van der Waals surface area contributed by atoms with Crippen molar-refractivity contribution >= 4 is 18.0 Å². The molecule has 1 aromatic rings. The number of methoxy groups -OCH3 is 1. The van der Waals surface area contributed by atoms with E-state index in [0.717, 1.165) is 24.8 Å². The van der Waals surface area contributed by atoms with E-state index < -0.39 is 11.7 Å². The highest BCUT2D eigenvalue weighted by Gasteiger charge is 2.18. The summed E-state index contributed by atoms with van der Waals surface area (Å²) in [5, 5.41) is 2.92. The number of unbranched alkanes of at least 4 members (excludes halogenated alkanes) is 2. The minimum Gasteiger partial charge on any atom is -0.493 e. The van der Waals surface area contributed by atoms with Crippen molar-refractivity contribution in [3.8, 4) is 11.5 Å². The smallest absolute Gasteiger partial charge is 0.415 e. The van der Waals surface area contributed by atoms with Gasteiger partial charge in [0, 0.05) is 33.0 Å². The van der Waals surface area contributed by atoms with Gasteiger partial charge in [0.25, 0.3) is 0 Å². The summed E-state index contributed by atoms with van der Waals surface area (Å²) in [5.41, 5.74) is 0.309. The molecule has 2 amide bonds. The zero-order valence-corrected chi connectivity index (χ0v) is 23.0. The minimum absolute atomic E-state index is 0.00492. The van der Waals surface area contributed by atoms with Gasteiger partial charge in [0.1, 0.15) is 5.60 Å². The van der Waals surface area contributed by atoms with Gasteiger partial charge in [0.15, 0.2) is 11.5 Å². The summed E-state index contributed by atoms with van der Waals surface area (Å²) >= 11 is 0. The topological polar surface area (TPSA) is 94.2 Å². The summed E-state index contributed by atoms with van der Waals surface area (Å²) in [4.78, 5) is 37.8. The van der Waals surface area contributed by atoms with Gasteiger partial charge in [-0.25, -0.2) is 4.79 Å². The number of benzene rings is 1. The van der Waals surface area contributed by atoms with E-state index in [4.69, 9.17) is 14.2 Å². The van der Waals surface area contributed by atoms with E-state index in [9.17, 15) is 14.4 Å². The van der Waals surface area contributed by atoms with Crippen LogP contribution in [0.15, 0.2) is 30.4 Å². The molecule has 1 aromatic carbocycles. The molecular weight excluding hydrogens is 460 g/mol. The number of rotatable bonds is 14.